The number of nitrogens with zero attached hydrogens (tertiary/aromatic N) is 3. The molecule has 13 heteroatoms. The lowest BCUT2D eigenvalue weighted by Gasteiger charge is -2.51. The van der Waals surface area contributed by atoms with Crippen LogP contribution in [0.25, 0.3) is 0 Å². The van der Waals surface area contributed by atoms with E-state index in [-0.39, 0.29) is 16.5 Å². The Morgan fingerprint density at radius 1 is 1.29 bits per heavy atom. The maximum Gasteiger partial charge on any atom is 0.267 e. The zero-order chi connectivity index (χ0) is 24.7. The number of nitrogens with one attached hydrogen (secondary N) is 1. The Hall–Kier alpha value is -1.79. The van der Waals surface area contributed by atoms with Crippen LogP contribution >= 0.6 is 23.2 Å². The molecule has 0 radical (unpaired) electrons. The SMILES string of the molecule is COC1(CCN2CC[C@H](F)C2)CN(c2cc(Cl)c(S(=O)(=O)Nc3cccc(F)n3)c(F)c2Cl)C1. The van der Waals surface area contributed by atoms with Gasteiger partial charge < -0.3 is 14.5 Å². The topological polar surface area (TPSA) is 74.8 Å². The van der Waals surface area contributed by atoms with Crippen LogP contribution in [0.5, 0.6) is 0 Å². The Bertz CT molecular complexity index is 1180. The second-order valence-electron chi connectivity index (χ2n) is 8.47. The quantitative estimate of drug-likeness (QED) is 0.402. The summed E-state index contributed by atoms with van der Waals surface area (Å²) >= 11 is 12.4. The molecule has 2 saturated heterocycles. The molecule has 2 aromatic rings. The minimum absolute atomic E-state index is 0.227. The molecule has 0 amide bonds. The molecule has 0 unspecified atom stereocenters. The van der Waals surface area contributed by atoms with Crippen LogP contribution < -0.4 is 9.62 Å². The summed E-state index contributed by atoms with van der Waals surface area (Å²) in [5.41, 5.74) is -0.291. The van der Waals surface area contributed by atoms with Gasteiger partial charge in [-0.2, -0.15) is 4.39 Å². The van der Waals surface area contributed by atoms with Crippen molar-refractivity contribution >= 4 is 44.7 Å². The number of likely N-dealkylation sites (tertiary alicyclic amines) is 1. The molecule has 7 nitrogen and oxygen atoms in total. The first-order chi connectivity index (χ1) is 16.0. The summed E-state index contributed by atoms with van der Waals surface area (Å²) in [5, 5.41) is -0.803. The van der Waals surface area contributed by atoms with Gasteiger partial charge in [0.1, 0.15) is 27.5 Å². The molecule has 1 aromatic carbocycles. The van der Waals surface area contributed by atoms with E-state index in [2.05, 4.69) is 4.98 Å². The van der Waals surface area contributed by atoms with Crippen LogP contribution in [0.3, 0.4) is 0 Å². The molecular weight excluding hydrogens is 516 g/mol. The molecule has 34 heavy (non-hydrogen) atoms. The van der Waals surface area contributed by atoms with Gasteiger partial charge in [0.05, 0.1) is 10.7 Å². The average molecular weight is 539 g/mol. The Balaban J connectivity index is 1.50. The van der Waals surface area contributed by atoms with Crippen molar-refractivity contribution in [2.75, 3.05) is 49.5 Å². The number of pyridine rings is 1. The van der Waals surface area contributed by atoms with Crippen molar-refractivity contribution in [3.63, 3.8) is 0 Å². The van der Waals surface area contributed by atoms with Crippen LogP contribution in [-0.4, -0.2) is 69.9 Å². The highest BCUT2D eigenvalue weighted by Gasteiger charge is 2.45. The second kappa shape index (κ2) is 9.69. The minimum Gasteiger partial charge on any atom is -0.374 e. The zero-order valence-corrected chi connectivity index (χ0v) is 20.5. The summed E-state index contributed by atoms with van der Waals surface area (Å²) in [5.74, 6) is -2.47. The number of rotatable bonds is 8. The Kier molecular flexibility index (Phi) is 7.21. The smallest absolute Gasteiger partial charge is 0.267 e. The molecule has 2 aliphatic heterocycles. The fourth-order valence-electron chi connectivity index (χ4n) is 4.26. The fourth-order valence-corrected chi connectivity index (χ4v) is 6.22. The van der Waals surface area contributed by atoms with Gasteiger partial charge in [0, 0.05) is 39.8 Å². The summed E-state index contributed by atoms with van der Waals surface area (Å²) in [4.78, 5) is 6.32. The summed E-state index contributed by atoms with van der Waals surface area (Å²) in [6, 6.07) is 4.77. The number of sulfonamides is 1. The first-order valence-electron chi connectivity index (χ1n) is 10.5. The summed E-state index contributed by atoms with van der Waals surface area (Å²) in [7, 11) is -2.97. The van der Waals surface area contributed by atoms with Crippen molar-refractivity contribution in [1.29, 1.82) is 0 Å². The summed E-state index contributed by atoms with van der Waals surface area (Å²) in [6.45, 7) is 2.53. The highest BCUT2D eigenvalue weighted by atomic mass is 35.5. The van der Waals surface area contributed by atoms with Gasteiger partial charge in [-0.25, -0.2) is 22.2 Å². The number of halogens is 5. The molecule has 4 rings (SSSR count). The van der Waals surface area contributed by atoms with E-state index >= 15 is 4.39 Å². The maximum atomic E-state index is 15.2. The monoisotopic (exact) mass is 538 g/mol. The van der Waals surface area contributed by atoms with Crippen molar-refractivity contribution in [2.24, 2.45) is 0 Å². The fraction of sp³-hybridized carbons (Fsp3) is 0.476. The van der Waals surface area contributed by atoms with Crippen LogP contribution in [0.1, 0.15) is 12.8 Å². The Morgan fingerprint density at radius 2 is 2.03 bits per heavy atom. The Labute approximate surface area is 205 Å². The number of aromatic nitrogens is 1. The number of anilines is 2. The molecule has 1 N–H and O–H groups in total. The van der Waals surface area contributed by atoms with E-state index in [9.17, 15) is 17.2 Å². The van der Waals surface area contributed by atoms with Crippen LogP contribution in [0.4, 0.5) is 24.7 Å². The van der Waals surface area contributed by atoms with Crippen molar-refractivity contribution in [2.45, 2.75) is 29.5 Å². The molecule has 2 fully saturated rings. The first kappa shape index (κ1) is 25.3. The van der Waals surface area contributed by atoms with Crippen molar-refractivity contribution in [3.8, 4) is 0 Å². The molecule has 3 heterocycles. The molecule has 0 bridgehead atoms. The molecular formula is C21H23Cl2F3N4O3S. The molecule has 2 aliphatic rings. The van der Waals surface area contributed by atoms with Gasteiger partial charge in [-0.1, -0.05) is 29.3 Å². The standard InChI is InChI=1S/C21H23Cl2F3N4O3S/c1-33-21(6-8-29-7-5-13(24)10-29)11-30(12-21)15-9-14(22)20(19(26)18(15)23)34(31,32)28-17-4-2-3-16(25)27-17/h2-4,9,13H,5-8,10-12H2,1H3,(H,27,28)/t13-/m0/s1. The minimum atomic E-state index is -4.55. The first-order valence-corrected chi connectivity index (χ1v) is 12.8. The number of methoxy groups -OCH3 is 1. The van der Waals surface area contributed by atoms with Gasteiger partial charge >= 0.3 is 0 Å². The van der Waals surface area contributed by atoms with Crippen molar-refractivity contribution in [1.82, 2.24) is 9.88 Å². The molecule has 0 aliphatic carbocycles. The lowest BCUT2D eigenvalue weighted by Crippen LogP contribution is -2.64. The largest absolute Gasteiger partial charge is 0.374 e. The molecule has 1 aromatic heterocycles. The molecule has 0 spiro atoms. The van der Waals surface area contributed by atoms with E-state index in [1.54, 1.807) is 12.0 Å². The predicted molar refractivity (Wildman–Crippen MR) is 124 cm³/mol. The van der Waals surface area contributed by atoms with Gasteiger partial charge in [-0.05, 0) is 31.0 Å². The Morgan fingerprint density at radius 3 is 2.65 bits per heavy atom. The second-order valence-corrected chi connectivity index (χ2v) is 10.9. The number of hydrogen-bond donors (Lipinski definition) is 1. The third-order valence-corrected chi connectivity index (χ3v) is 8.33. The normalized spacial score (nSPS) is 20.4. The number of alkyl halides is 1. The lowest BCUT2D eigenvalue weighted by atomic mass is 9.89. The van der Waals surface area contributed by atoms with Crippen molar-refractivity contribution in [3.05, 3.63) is 46.1 Å². The van der Waals surface area contributed by atoms with Crippen molar-refractivity contribution < 1.29 is 26.3 Å². The zero-order valence-electron chi connectivity index (χ0n) is 18.2. The van der Waals surface area contributed by atoms with Gasteiger partial charge in [-0.15, -0.1) is 0 Å². The van der Waals surface area contributed by atoms with Gasteiger partial charge in [0.25, 0.3) is 10.0 Å². The molecule has 1 atom stereocenters. The van der Waals surface area contributed by atoms with E-state index in [0.29, 0.717) is 45.6 Å². The van der Waals surface area contributed by atoms with E-state index in [1.165, 1.54) is 18.2 Å². The number of ether oxygens (including phenoxy) is 1. The van der Waals surface area contributed by atoms with E-state index in [4.69, 9.17) is 27.9 Å². The molecule has 186 valence electrons. The van der Waals surface area contributed by atoms with Crippen LogP contribution in [0.2, 0.25) is 10.0 Å². The van der Waals surface area contributed by atoms with Gasteiger partial charge in [-0.3, -0.25) is 4.72 Å². The average Bonchev–Trinajstić information content (AvgIpc) is 3.15. The van der Waals surface area contributed by atoms with Gasteiger partial charge in [0.15, 0.2) is 5.82 Å². The number of hydrogen-bond acceptors (Lipinski definition) is 6. The highest BCUT2D eigenvalue weighted by Crippen LogP contribution is 2.42. The maximum absolute atomic E-state index is 15.2. The van der Waals surface area contributed by atoms with Crippen LogP contribution in [0.15, 0.2) is 29.2 Å². The molecule has 0 saturated carbocycles. The highest BCUT2D eigenvalue weighted by molar-refractivity contribution is 7.92. The van der Waals surface area contributed by atoms with Crippen LogP contribution in [-0.2, 0) is 14.8 Å². The van der Waals surface area contributed by atoms with E-state index in [1.807, 2.05) is 9.62 Å². The lowest BCUT2D eigenvalue weighted by molar-refractivity contribution is -0.0443. The van der Waals surface area contributed by atoms with E-state index in [0.717, 1.165) is 6.07 Å². The third-order valence-electron chi connectivity index (χ3n) is 6.15. The summed E-state index contributed by atoms with van der Waals surface area (Å²) < 4.78 is 75.0. The van der Waals surface area contributed by atoms with Crippen LogP contribution in [0, 0.1) is 11.8 Å². The third kappa shape index (κ3) is 5.08. The summed E-state index contributed by atoms with van der Waals surface area (Å²) in [6.07, 6.45) is 0.373. The predicted octanol–water partition coefficient (Wildman–Crippen LogP) is 4.11. The number of benzene rings is 1. The van der Waals surface area contributed by atoms with E-state index < -0.39 is 43.5 Å². The van der Waals surface area contributed by atoms with Gasteiger partial charge in [0.2, 0.25) is 5.95 Å².